The summed E-state index contributed by atoms with van der Waals surface area (Å²) in [5.74, 6) is 2.10. The highest BCUT2D eigenvalue weighted by Crippen LogP contribution is 2.23. The van der Waals surface area contributed by atoms with Gasteiger partial charge in [-0.1, -0.05) is 60.7 Å². The van der Waals surface area contributed by atoms with E-state index in [2.05, 4.69) is 110 Å². The van der Waals surface area contributed by atoms with Crippen LogP contribution in [0.15, 0.2) is 84.0 Å². The Balaban J connectivity index is 1.37. The molecule has 1 aliphatic rings. The molecule has 172 valence electrons. The highest BCUT2D eigenvalue weighted by molar-refractivity contribution is 5.79. The Kier molecular flexibility index (Phi) is 7.93. The lowest BCUT2D eigenvalue weighted by atomic mass is 9.91. The fraction of sp³-hybridized carbons (Fsp3) is 0.333. The average molecular weight is 443 g/mol. The third-order valence-electron chi connectivity index (χ3n) is 6.20. The first-order chi connectivity index (χ1) is 16.2. The number of benzene rings is 2. The summed E-state index contributed by atoms with van der Waals surface area (Å²) in [5, 5.41) is 6.99. The molecule has 1 fully saturated rings. The maximum absolute atomic E-state index is 4.60. The first kappa shape index (κ1) is 22.8. The van der Waals surface area contributed by atoms with Crippen LogP contribution in [0.5, 0.6) is 0 Å². The van der Waals surface area contributed by atoms with Crippen LogP contribution in [0.25, 0.3) is 0 Å². The van der Waals surface area contributed by atoms with E-state index in [0.717, 1.165) is 44.5 Å². The molecule has 2 N–H and O–H groups in total. The van der Waals surface area contributed by atoms with Crippen molar-refractivity contribution in [3.63, 3.8) is 0 Å². The number of hydrogen-bond acceptors (Lipinski definition) is 4. The van der Waals surface area contributed by atoms with Crippen molar-refractivity contribution in [2.75, 3.05) is 51.7 Å². The molecule has 0 saturated carbocycles. The smallest absolute Gasteiger partial charge is 0.191 e. The topological polar surface area (TPSA) is 55.8 Å². The Morgan fingerprint density at radius 1 is 0.909 bits per heavy atom. The quantitative estimate of drug-likeness (QED) is 0.434. The number of nitrogens with zero attached hydrogens (tertiary/aromatic N) is 4. The molecular weight excluding hydrogens is 408 g/mol. The molecule has 0 spiro atoms. The third-order valence-corrected chi connectivity index (χ3v) is 6.20. The van der Waals surface area contributed by atoms with Gasteiger partial charge in [0.05, 0.1) is 0 Å². The fourth-order valence-electron chi connectivity index (χ4n) is 4.18. The van der Waals surface area contributed by atoms with Crippen LogP contribution in [0.4, 0.5) is 5.82 Å². The van der Waals surface area contributed by atoms with E-state index in [1.54, 1.807) is 0 Å². The van der Waals surface area contributed by atoms with Crippen LogP contribution in [0.1, 0.15) is 22.6 Å². The summed E-state index contributed by atoms with van der Waals surface area (Å²) in [5.41, 5.74) is 3.78. The lowest BCUT2D eigenvalue weighted by Gasteiger charge is -2.33. The zero-order valence-corrected chi connectivity index (χ0v) is 19.6. The molecule has 1 saturated heterocycles. The van der Waals surface area contributed by atoms with Crippen LogP contribution in [0.3, 0.4) is 0 Å². The van der Waals surface area contributed by atoms with Gasteiger partial charge in [0, 0.05) is 58.4 Å². The molecule has 0 aliphatic carbocycles. The van der Waals surface area contributed by atoms with Gasteiger partial charge in [-0.25, -0.2) is 4.98 Å². The first-order valence-electron chi connectivity index (χ1n) is 11.7. The van der Waals surface area contributed by atoms with Crippen LogP contribution in [0.2, 0.25) is 0 Å². The van der Waals surface area contributed by atoms with Crippen LogP contribution in [-0.4, -0.2) is 62.7 Å². The van der Waals surface area contributed by atoms with E-state index < -0.39 is 0 Å². The van der Waals surface area contributed by atoms with Gasteiger partial charge in [-0.3, -0.25) is 4.99 Å². The van der Waals surface area contributed by atoms with Crippen LogP contribution in [0, 0.1) is 0 Å². The Morgan fingerprint density at radius 2 is 1.55 bits per heavy atom. The second-order valence-electron chi connectivity index (χ2n) is 8.49. The Labute approximate surface area is 197 Å². The van der Waals surface area contributed by atoms with Gasteiger partial charge < -0.3 is 20.4 Å². The molecule has 2 aromatic carbocycles. The minimum atomic E-state index is 0.246. The second-order valence-corrected chi connectivity index (χ2v) is 8.49. The second kappa shape index (κ2) is 11.5. The zero-order chi connectivity index (χ0) is 22.9. The summed E-state index contributed by atoms with van der Waals surface area (Å²) in [6.45, 7) is 5.64. The van der Waals surface area contributed by atoms with Gasteiger partial charge in [0.2, 0.25) is 0 Å². The number of piperazine rings is 1. The summed E-state index contributed by atoms with van der Waals surface area (Å²) in [6, 6.07) is 25.5. The molecule has 33 heavy (non-hydrogen) atoms. The number of anilines is 1. The van der Waals surface area contributed by atoms with Crippen molar-refractivity contribution in [2.24, 2.45) is 4.99 Å². The van der Waals surface area contributed by atoms with E-state index in [1.807, 2.05) is 13.2 Å². The van der Waals surface area contributed by atoms with Gasteiger partial charge in [0.25, 0.3) is 0 Å². The minimum Gasteiger partial charge on any atom is -0.355 e. The van der Waals surface area contributed by atoms with Crippen molar-refractivity contribution >= 4 is 11.8 Å². The van der Waals surface area contributed by atoms with Gasteiger partial charge >= 0.3 is 0 Å². The molecule has 0 amide bonds. The van der Waals surface area contributed by atoms with E-state index in [-0.39, 0.29) is 5.92 Å². The molecule has 1 aromatic heterocycles. The van der Waals surface area contributed by atoms with Gasteiger partial charge in [-0.05, 0) is 35.9 Å². The van der Waals surface area contributed by atoms with E-state index >= 15 is 0 Å². The summed E-state index contributed by atoms with van der Waals surface area (Å²) < 4.78 is 0. The first-order valence-corrected chi connectivity index (χ1v) is 11.7. The number of nitrogens with one attached hydrogen (secondary N) is 2. The van der Waals surface area contributed by atoms with E-state index in [9.17, 15) is 0 Å². The van der Waals surface area contributed by atoms with Crippen LogP contribution >= 0.6 is 0 Å². The SMILES string of the molecule is CN=C(NCc1ccnc(N2CCN(C)CC2)c1)NCC(c1ccccc1)c1ccccc1. The predicted octanol–water partition coefficient (Wildman–Crippen LogP) is 3.33. The fourth-order valence-corrected chi connectivity index (χ4v) is 4.18. The number of pyridine rings is 1. The lowest BCUT2D eigenvalue weighted by Crippen LogP contribution is -2.44. The summed E-state index contributed by atoms with van der Waals surface area (Å²) in [6.07, 6.45) is 1.90. The standard InChI is InChI=1S/C27H34N6/c1-28-27(30-20-22-13-14-29-26(19-22)33-17-15-32(2)16-18-33)31-21-25(23-9-5-3-6-10-23)24-11-7-4-8-12-24/h3-14,19,25H,15-18,20-21H2,1-2H3,(H2,28,30,31). The van der Waals surface area contributed by atoms with Crippen molar-refractivity contribution in [3.8, 4) is 0 Å². The maximum atomic E-state index is 4.60. The molecule has 0 radical (unpaired) electrons. The van der Waals surface area contributed by atoms with Crippen molar-refractivity contribution in [1.82, 2.24) is 20.5 Å². The largest absolute Gasteiger partial charge is 0.355 e. The van der Waals surface area contributed by atoms with Gasteiger partial charge in [0.15, 0.2) is 5.96 Å². The molecule has 2 heterocycles. The highest BCUT2D eigenvalue weighted by atomic mass is 15.3. The molecule has 0 unspecified atom stereocenters. The molecule has 3 aromatic rings. The van der Waals surface area contributed by atoms with Crippen LogP contribution in [-0.2, 0) is 6.54 Å². The Bertz CT molecular complexity index is 974. The van der Waals surface area contributed by atoms with Gasteiger partial charge in [-0.15, -0.1) is 0 Å². The zero-order valence-electron chi connectivity index (χ0n) is 19.6. The molecular formula is C27H34N6. The summed E-state index contributed by atoms with van der Waals surface area (Å²) >= 11 is 0. The third kappa shape index (κ3) is 6.33. The number of hydrogen-bond donors (Lipinski definition) is 2. The Morgan fingerprint density at radius 3 is 2.15 bits per heavy atom. The van der Waals surface area contributed by atoms with Crippen molar-refractivity contribution in [1.29, 1.82) is 0 Å². The summed E-state index contributed by atoms with van der Waals surface area (Å²) in [7, 11) is 3.99. The van der Waals surface area contributed by atoms with Crippen molar-refractivity contribution in [2.45, 2.75) is 12.5 Å². The highest BCUT2D eigenvalue weighted by Gasteiger charge is 2.16. The van der Waals surface area contributed by atoms with Crippen molar-refractivity contribution in [3.05, 3.63) is 95.7 Å². The molecule has 0 bridgehead atoms. The molecule has 1 aliphatic heterocycles. The summed E-state index contributed by atoms with van der Waals surface area (Å²) in [4.78, 5) is 13.8. The predicted molar refractivity (Wildman–Crippen MR) is 137 cm³/mol. The minimum absolute atomic E-state index is 0.246. The van der Waals surface area contributed by atoms with Gasteiger partial charge in [0.1, 0.15) is 5.82 Å². The number of likely N-dealkylation sites (N-methyl/N-ethyl adjacent to an activating group) is 1. The van der Waals surface area contributed by atoms with E-state index in [1.165, 1.54) is 16.7 Å². The molecule has 6 nitrogen and oxygen atoms in total. The van der Waals surface area contributed by atoms with Crippen LogP contribution < -0.4 is 15.5 Å². The van der Waals surface area contributed by atoms with Crippen molar-refractivity contribution < 1.29 is 0 Å². The number of aromatic nitrogens is 1. The number of rotatable bonds is 7. The number of guanidine groups is 1. The normalized spacial score (nSPS) is 15.0. The molecule has 6 heteroatoms. The maximum Gasteiger partial charge on any atom is 0.191 e. The average Bonchev–Trinajstić information content (AvgIpc) is 2.88. The number of aliphatic imine (C=N–C) groups is 1. The Hall–Kier alpha value is -3.38. The van der Waals surface area contributed by atoms with E-state index in [4.69, 9.17) is 0 Å². The lowest BCUT2D eigenvalue weighted by molar-refractivity contribution is 0.312. The van der Waals surface area contributed by atoms with E-state index in [0.29, 0.717) is 6.54 Å². The molecule has 0 atom stereocenters. The van der Waals surface area contributed by atoms with Gasteiger partial charge in [-0.2, -0.15) is 0 Å². The monoisotopic (exact) mass is 442 g/mol. The molecule has 4 rings (SSSR count).